The van der Waals surface area contributed by atoms with Crippen LogP contribution in [-0.4, -0.2) is 16.8 Å². The Bertz CT molecular complexity index is 647. The van der Waals surface area contributed by atoms with Crippen molar-refractivity contribution in [2.45, 2.75) is 20.0 Å². The van der Waals surface area contributed by atoms with Crippen LogP contribution in [0.4, 0.5) is 5.69 Å². The van der Waals surface area contributed by atoms with Crippen LogP contribution in [0.15, 0.2) is 48.5 Å². The van der Waals surface area contributed by atoms with E-state index in [1.165, 1.54) is 24.3 Å². The maximum Gasteiger partial charge on any atom is 0.269 e. The average Bonchev–Trinajstić information content (AvgIpc) is 2.47. The first kappa shape index (κ1) is 14.7. The fourth-order valence-corrected chi connectivity index (χ4v) is 1.86. The standard InChI is InChI=1S/C16H15NO4/c1-11-3-5-13(6-4-11)16(18)12(2)21-15-9-7-14(8-10-15)17(19)20/h3-10,12H,1-2H3. The first-order valence-corrected chi connectivity index (χ1v) is 6.49. The first-order chi connectivity index (χ1) is 9.97. The molecule has 0 bridgehead atoms. The number of nitrogens with zero attached hydrogens (tertiary/aromatic N) is 1. The van der Waals surface area contributed by atoms with E-state index in [4.69, 9.17) is 4.74 Å². The Morgan fingerprint density at radius 2 is 1.67 bits per heavy atom. The summed E-state index contributed by atoms with van der Waals surface area (Å²) in [5.74, 6) is 0.293. The molecule has 0 aliphatic rings. The molecular weight excluding hydrogens is 270 g/mol. The summed E-state index contributed by atoms with van der Waals surface area (Å²) in [6.07, 6.45) is -0.658. The molecule has 5 nitrogen and oxygen atoms in total. The summed E-state index contributed by atoms with van der Waals surface area (Å²) in [6, 6.07) is 12.9. The second-order valence-corrected chi connectivity index (χ2v) is 4.74. The molecule has 0 fully saturated rings. The highest BCUT2D eigenvalue weighted by Crippen LogP contribution is 2.19. The maximum absolute atomic E-state index is 12.2. The third-order valence-electron chi connectivity index (χ3n) is 3.07. The van der Waals surface area contributed by atoms with Gasteiger partial charge in [-0.15, -0.1) is 0 Å². The van der Waals surface area contributed by atoms with Crippen LogP contribution < -0.4 is 4.74 Å². The van der Waals surface area contributed by atoms with Gasteiger partial charge in [0, 0.05) is 17.7 Å². The third kappa shape index (κ3) is 3.66. The van der Waals surface area contributed by atoms with Gasteiger partial charge in [0.1, 0.15) is 5.75 Å². The molecule has 2 aromatic carbocycles. The van der Waals surface area contributed by atoms with Crippen molar-refractivity contribution in [1.82, 2.24) is 0 Å². The second-order valence-electron chi connectivity index (χ2n) is 4.74. The normalized spacial score (nSPS) is 11.7. The molecule has 0 saturated heterocycles. The predicted molar refractivity (Wildman–Crippen MR) is 78.7 cm³/mol. The highest BCUT2D eigenvalue weighted by atomic mass is 16.6. The molecule has 0 aliphatic carbocycles. The maximum atomic E-state index is 12.2. The molecule has 1 atom stereocenters. The van der Waals surface area contributed by atoms with Crippen molar-refractivity contribution in [3.05, 3.63) is 69.8 Å². The molecule has 0 aliphatic heterocycles. The molecule has 0 heterocycles. The summed E-state index contributed by atoms with van der Waals surface area (Å²) in [5.41, 5.74) is 1.64. The Morgan fingerprint density at radius 3 is 2.19 bits per heavy atom. The predicted octanol–water partition coefficient (Wildman–Crippen LogP) is 3.55. The third-order valence-corrected chi connectivity index (χ3v) is 3.07. The Hall–Kier alpha value is -2.69. The van der Waals surface area contributed by atoms with Gasteiger partial charge in [-0.1, -0.05) is 29.8 Å². The van der Waals surface area contributed by atoms with Crippen LogP contribution in [0.5, 0.6) is 5.75 Å². The summed E-state index contributed by atoms with van der Waals surface area (Å²) < 4.78 is 5.52. The number of benzene rings is 2. The quantitative estimate of drug-likeness (QED) is 0.478. The average molecular weight is 285 g/mol. The number of nitro groups is 1. The van der Waals surface area contributed by atoms with Gasteiger partial charge in [-0.25, -0.2) is 0 Å². The Balaban J connectivity index is 2.06. The smallest absolute Gasteiger partial charge is 0.269 e. The summed E-state index contributed by atoms with van der Waals surface area (Å²) in [4.78, 5) is 22.3. The number of ketones is 1. The number of carbonyl (C=O) groups excluding carboxylic acids is 1. The number of hydrogen-bond acceptors (Lipinski definition) is 4. The van der Waals surface area contributed by atoms with Gasteiger partial charge in [0.2, 0.25) is 5.78 Å². The monoisotopic (exact) mass is 285 g/mol. The lowest BCUT2D eigenvalue weighted by Crippen LogP contribution is -2.23. The van der Waals surface area contributed by atoms with E-state index in [0.717, 1.165) is 5.56 Å². The van der Waals surface area contributed by atoms with Gasteiger partial charge in [-0.2, -0.15) is 0 Å². The van der Waals surface area contributed by atoms with Crippen LogP contribution in [0.25, 0.3) is 0 Å². The minimum Gasteiger partial charge on any atom is -0.483 e. The van der Waals surface area contributed by atoms with Gasteiger partial charge in [-0.3, -0.25) is 14.9 Å². The number of ether oxygens (including phenoxy) is 1. The van der Waals surface area contributed by atoms with Crippen LogP contribution in [0.1, 0.15) is 22.8 Å². The van der Waals surface area contributed by atoms with Gasteiger partial charge >= 0.3 is 0 Å². The van der Waals surface area contributed by atoms with Gasteiger partial charge in [0.25, 0.3) is 5.69 Å². The van der Waals surface area contributed by atoms with E-state index < -0.39 is 11.0 Å². The van der Waals surface area contributed by atoms with Crippen molar-refractivity contribution < 1.29 is 14.5 Å². The van der Waals surface area contributed by atoms with Crippen LogP contribution in [0.2, 0.25) is 0 Å². The molecular formula is C16H15NO4. The van der Waals surface area contributed by atoms with Gasteiger partial charge in [0.05, 0.1) is 4.92 Å². The van der Waals surface area contributed by atoms with E-state index in [0.29, 0.717) is 11.3 Å². The van der Waals surface area contributed by atoms with E-state index in [9.17, 15) is 14.9 Å². The molecule has 0 spiro atoms. The fraction of sp³-hybridized carbons (Fsp3) is 0.188. The number of carbonyl (C=O) groups is 1. The largest absolute Gasteiger partial charge is 0.483 e. The van der Waals surface area contributed by atoms with Gasteiger partial charge < -0.3 is 4.74 Å². The molecule has 0 amide bonds. The molecule has 0 N–H and O–H groups in total. The number of hydrogen-bond donors (Lipinski definition) is 0. The van der Waals surface area contributed by atoms with Crippen molar-refractivity contribution in [3.8, 4) is 5.75 Å². The van der Waals surface area contributed by atoms with Crippen molar-refractivity contribution in [2.75, 3.05) is 0 Å². The minimum absolute atomic E-state index is 0.0140. The van der Waals surface area contributed by atoms with E-state index in [2.05, 4.69) is 0 Å². The minimum atomic E-state index is -0.658. The van der Waals surface area contributed by atoms with Crippen molar-refractivity contribution in [1.29, 1.82) is 0 Å². The van der Waals surface area contributed by atoms with Crippen molar-refractivity contribution in [2.24, 2.45) is 0 Å². The number of non-ortho nitro benzene ring substituents is 1. The van der Waals surface area contributed by atoms with E-state index in [1.807, 2.05) is 19.1 Å². The molecule has 0 saturated carbocycles. The lowest BCUT2D eigenvalue weighted by atomic mass is 10.1. The molecule has 108 valence electrons. The number of rotatable bonds is 5. The molecule has 1 unspecified atom stereocenters. The highest BCUT2D eigenvalue weighted by Gasteiger charge is 2.17. The number of Topliss-reactive ketones (excluding diaryl/α,β-unsaturated/α-hetero) is 1. The molecule has 21 heavy (non-hydrogen) atoms. The Morgan fingerprint density at radius 1 is 1.10 bits per heavy atom. The summed E-state index contributed by atoms with van der Waals surface area (Å²) in [5, 5.41) is 10.6. The van der Waals surface area contributed by atoms with E-state index in [1.54, 1.807) is 19.1 Å². The van der Waals surface area contributed by atoms with Gasteiger partial charge in [0.15, 0.2) is 6.10 Å². The molecule has 2 aromatic rings. The summed E-state index contributed by atoms with van der Waals surface area (Å²) >= 11 is 0. The summed E-state index contributed by atoms with van der Waals surface area (Å²) in [6.45, 7) is 3.61. The molecule has 0 aromatic heterocycles. The SMILES string of the molecule is Cc1ccc(C(=O)C(C)Oc2ccc([N+](=O)[O-])cc2)cc1. The Kier molecular flexibility index (Phi) is 4.33. The van der Waals surface area contributed by atoms with Crippen molar-refractivity contribution >= 4 is 11.5 Å². The molecule has 0 radical (unpaired) electrons. The zero-order valence-electron chi connectivity index (χ0n) is 11.8. The van der Waals surface area contributed by atoms with E-state index in [-0.39, 0.29) is 11.5 Å². The van der Waals surface area contributed by atoms with Crippen molar-refractivity contribution in [3.63, 3.8) is 0 Å². The summed E-state index contributed by atoms with van der Waals surface area (Å²) in [7, 11) is 0. The molecule has 5 heteroatoms. The van der Waals surface area contributed by atoms with Gasteiger partial charge in [-0.05, 0) is 26.0 Å². The fourth-order valence-electron chi connectivity index (χ4n) is 1.86. The zero-order valence-corrected chi connectivity index (χ0v) is 11.8. The van der Waals surface area contributed by atoms with Crippen LogP contribution >= 0.6 is 0 Å². The topological polar surface area (TPSA) is 69.4 Å². The lowest BCUT2D eigenvalue weighted by Gasteiger charge is -2.13. The Labute approximate surface area is 122 Å². The second kappa shape index (κ2) is 6.17. The number of nitro benzene ring substituents is 1. The van der Waals surface area contributed by atoms with Crippen LogP contribution in [0, 0.1) is 17.0 Å². The highest BCUT2D eigenvalue weighted by molar-refractivity contribution is 5.99. The lowest BCUT2D eigenvalue weighted by molar-refractivity contribution is -0.384. The van der Waals surface area contributed by atoms with E-state index >= 15 is 0 Å². The molecule has 2 rings (SSSR count). The van der Waals surface area contributed by atoms with Crippen LogP contribution in [-0.2, 0) is 0 Å². The first-order valence-electron chi connectivity index (χ1n) is 6.49. The number of aryl methyl sites for hydroxylation is 1. The zero-order chi connectivity index (χ0) is 15.4. The van der Waals surface area contributed by atoms with Crippen LogP contribution in [0.3, 0.4) is 0 Å².